The van der Waals surface area contributed by atoms with E-state index < -0.39 is 0 Å². The number of nitrogens with zero attached hydrogens (tertiary/aromatic N) is 1. The maximum Gasteiger partial charge on any atom is 0.0991 e. The van der Waals surface area contributed by atoms with E-state index in [9.17, 15) is 0 Å². The first kappa shape index (κ1) is 13.4. The first-order valence-corrected chi connectivity index (χ1v) is 5.63. The highest BCUT2D eigenvalue weighted by atomic mass is 16.5. The lowest BCUT2D eigenvalue weighted by Crippen LogP contribution is -2.20. The van der Waals surface area contributed by atoms with Gasteiger partial charge in [0.15, 0.2) is 0 Å². The van der Waals surface area contributed by atoms with Gasteiger partial charge in [0.1, 0.15) is 0 Å². The molecule has 90 valence electrons. The number of benzene rings is 1. The molecule has 0 atom stereocenters. The fraction of sp³-hybridized carbons (Fsp3) is 0.357. The summed E-state index contributed by atoms with van der Waals surface area (Å²) >= 11 is 0. The van der Waals surface area contributed by atoms with Crippen molar-refractivity contribution >= 4 is 6.08 Å². The van der Waals surface area contributed by atoms with E-state index in [2.05, 4.69) is 24.4 Å². The van der Waals surface area contributed by atoms with E-state index in [1.165, 1.54) is 5.57 Å². The van der Waals surface area contributed by atoms with Gasteiger partial charge in [0.05, 0.1) is 18.2 Å². The van der Waals surface area contributed by atoms with Crippen LogP contribution in [0.15, 0.2) is 29.8 Å². The van der Waals surface area contributed by atoms with Crippen LogP contribution < -0.4 is 5.32 Å². The Hall–Kier alpha value is -1.63. The van der Waals surface area contributed by atoms with E-state index in [0.29, 0.717) is 5.56 Å². The molecule has 0 amide bonds. The van der Waals surface area contributed by atoms with Gasteiger partial charge in [-0.05, 0) is 24.6 Å². The summed E-state index contributed by atoms with van der Waals surface area (Å²) in [5, 5.41) is 12.0. The lowest BCUT2D eigenvalue weighted by atomic mass is 10.1. The molecule has 3 nitrogen and oxygen atoms in total. The Labute approximate surface area is 103 Å². The molecule has 1 aromatic rings. The van der Waals surface area contributed by atoms with Gasteiger partial charge in [-0.25, -0.2) is 0 Å². The third-order valence-corrected chi connectivity index (χ3v) is 2.34. The van der Waals surface area contributed by atoms with Crippen molar-refractivity contribution in [1.82, 2.24) is 5.32 Å². The van der Waals surface area contributed by atoms with E-state index in [0.717, 1.165) is 25.3 Å². The fourth-order valence-electron chi connectivity index (χ4n) is 1.45. The SMILES string of the molecule is COCCNCC(C)=Cc1ccc(C#N)cc1. The van der Waals surface area contributed by atoms with E-state index in [1.807, 2.05) is 24.3 Å². The molecule has 17 heavy (non-hydrogen) atoms. The fourth-order valence-corrected chi connectivity index (χ4v) is 1.45. The molecule has 1 aromatic carbocycles. The number of nitriles is 1. The van der Waals surface area contributed by atoms with Crippen LogP contribution in [0.25, 0.3) is 6.08 Å². The summed E-state index contributed by atoms with van der Waals surface area (Å²) < 4.78 is 4.95. The number of hydrogen-bond donors (Lipinski definition) is 1. The predicted molar refractivity (Wildman–Crippen MR) is 69.6 cm³/mol. The second kappa shape index (κ2) is 7.61. The minimum Gasteiger partial charge on any atom is -0.383 e. The van der Waals surface area contributed by atoms with Gasteiger partial charge in [-0.3, -0.25) is 0 Å². The molecule has 0 unspecified atom stereocenters. The van der Waals surface area contributed by atoms with Gasteiger partial charge in [-0.2, -0.15) is 5.26 Å². The van der Waals surface area contributed by atoms with Gasteiger partial charge in [0.25, 0.3) is 0 Å². The topological polar surface area (TPSA) is 45.0 Å². The summed E-state index contributed by atoms with van der Waals surface area (Å²) in [6.07, 6.45) is 2.11. The lowest BCUT2D eigenvalue weighted by molar-refractivity contribution is 0.200. The highest BCUT2D eigenvalue weighted by molar-refractivity contribution is 5.54. The van der Waals surface area contributed by atoms with Gasteiger partial charge in [0, 0.05) is 20.2 Å². The number of rotatable bonds is 6. The molecule has 0 radical (unpaired) electrons. The van der Waals surface area contributed by atoms with Crippen LogP contribution in [0.3, 0.4) is 0 Å². The van der Waals surface area contributed by atoms with Crippen molar-refractivity contribution in [2.45, 2.75) is 6.92 Å². The van der Waals surface area contributed by atoms with Crippen molar-refractivity contribution in [2.24, 2.45) is 0 Å². The molecule has 0 aliphatic rings. The summed E-state index contributed by atoms with van der Waals surface area (Å²) in [5.41, 5.74) is 3.07. The zero-order valence-corrected chi connectivity index (χ0v) is 10.4. The first-order valence-electron chi connectivity index (χ1n) is 5.63. The van der Waals surface area contributed by atoms with Crippen LogP contribution in [0.2, 0.25) is 0 Å². The van der Waals surface area contributed by atoms with Crippen LogP contribution >= 0.6 is 0 Å². The Morgan fingerprint density at radius 2 is 2.12 bits per heavy atom. The monoisotopic (exact) mass is 230 g/mol. The van der Waals surface area contributed by atoms with Crippen LogP contribution in [0.1, 0.15) is 18.1 Å². The molecular formula is C14H18N2O. The highest BCUT2D eigenvalue weighted by Gasteiger charge is 1.93. The van der Waals surface area contributed by atoms with Crippen molar-refractivity contribution in [3.05, 3.63) is 41.0 Å². The second-order valence-corrected chi connectivity index (χ2v) is 3.89. The van der Waals surface area contributed by atoms with Crippen LogP contribution in [-0.2, 0) is 4.74 Å². The molecule has 0 saturated heterocycles. The van der Waals surface area contributed by atoms with Crippen molar-refractivity contribution in [2.75, 3.05) is 26.8 Å². The van der Waals surface area contributed by atoms with E-state index >= 15 is 0 Å². The van der Waals surface area contributed by atoms with Crippen molar-refractivity contribution in [1.29, 1.82) is 5.26 Å². The highest BCUT2D eigenvalue weighted by Crippen LogP contribution is 2.07. The number of methoxy groups -OCH3 is 1. The minimum atomic E-state index is 0.693. The molecule has 0 bridgehead atoms. The molecule has 1 rings (SSSR count). The summed E-state index contributed by atoms with van der Waals surface area (Å²) in [5.74, 6) is 0. The third kappa shape index (κ3) is 5.30. The molecule has 0 aliphatic heterocycles. The maximum atomic E-state index is 8.69. The van der Waals surface area contributed by atoms with Crippen molar-refractivity contribution < 1.29 is 4.74 Å². The average Bonchev–Trinajstić information content (AvgIpc) is 2.36. The quantitative estimate of drug-likeness (QED) is 0.762. The van der Waals surface area contributed by atoms with Crippen molar-refractivity contribution in [3.8, 4) is 6.07 Å². The van der Waals surface area contributed by atoms with Gasteiger partial charge in [-0.1, -0.05) is 23.8 Å². The van der Waals surface area contributed by atoms with E-state index in [4.69, 9.17) is 10.00 Å². The number of ether oxygens (including phenoxy) is 1. The molecule has 1 N–H and O–H groups in total. The van der Waals surface area contributed by atoms with Crippen LogP contribution in [0, 0.1) is 11.3 Å². The van der Waals surface area contributed by atoms with Crippen molar-refractivity contribution in [3.63, 3.8) is 0 Å². The first-order chi connectivity index (χ1) is 8.26. The molecular weight excluding hydrogens is 212 g/mol. The molecule has 0 aromatic heterocycles. The standard InChI is InChI=1S/C14H18N2O/c1-12(11-16-7-8-17-2)9-13-3-5-14(10-15)6-4-13/h3-6,9,16H,7-8,11H2,1-2H3. The molecule has 0 spiro atoms. The summed E-state index contributed by atoms with van der Waals surface area (Å²) in [6, 6.07) is 9.68. The van der Waals surface area contributed by atoms with Gasteiger partial charge in [0.2, 0.25) is 0 Å². The van der Waals surface area contributed by atoms with Gasteiger partial charge < -0.3 is 10.1 Å². The number of hydrogen-bond acceptors (Lipinski definition) is 3. The Morgan fingerprint density at radius 3 is 2.71 bits per heavy atom. The zero-order chi connectivity index (χ0) is 12.5. The molecule has 0 heterocycles. The Morgan fingerprint density at radius 1 is 1.41 bits per heavy atom. The zero-order valence-electron chi connectivity index (χ0n) is 10.4. The third-order valence-electron chi connectivity index (χ3n) is 2.34. The Kier molecular flexibility index (Phi) is 6.02. The normalized spacial score (nSPS) is 11.2. The minimum absolute atomic E-state index is 0.693. The van der Waals surface area contributed by atoms with Gasteiger partial charge >= 0.3 is 0 Å². The molecule has 0 aliphatic carbocycles. The molecule has 0 fully saturated rings. The smallest absolute Gasteiger partial charge is 0.0991 e. The summed E-state index contributed by atoms with van der Waals surface area (Å²) in [4.78, 5) is 0. The lowest BCUT2D eigenvalue weighted by Gasteiger charge is -2.04. The van der Waals surface area contributed by atoms with E-state index in [1.54, 1.807) is 7.11 Å². The van der Waals surface area contributed by atoms with Crippen LogP contribution in [-0.4, -0.2) is 26.8 Å². The van der Waals surface area contributed by atoms with Gasteiger partial charge in [-0.15, -0.1) is 0 Å². The van der Waals surface area contributed by atoms with E-state index in [-0.39, 0.29) is 0 Å². The maximum absolute atomic E-state index is 8.69. The average molecular weight is 230 g/mol. The summed E-state index contributed by atoms with van der Waals surface area (Å²) in [7, 11) is 1.70. The molecule has 0 saturated carbocycles. The predicted octanol–water partition coefficient (Wildman–Crippen LogP) is 2.20. The largest absolute Gasteiger partial charge is 0.383 e. The molecule has 3 heteroatoms. The summed E-state index contributed by atoms with van der Waals surface area (Å²) in [6.45, 7) is 4.51. The Balaban J connectivity index is 2.47. The number of nitrogens with one attached hydrogen (secondary N) is 1. The van der Waals surface area contributed by atoms with Crippen LogP contribution in [0.4, 0.5) is 0 Å². The van der Waals surface area contributed by atoms with Crippen LogP contribution in [0.5, 0.6) is 0 Å². The second-order valence-electron chi connectivity index (χ2n) is 3.89. The Bertz CT molecular complexity index is 401.